The van der Waals surface area contributed by atoms with Crippen LogP contribution in [0.25, 0.3) is 21.8 Å². The summed E-state index contributed by atoms with van der Waals surface area (Å²) in [5, 5.41) is 6.10. The summed E-state index contributed by atoms with van der Waals surface area (Å²) in [6, 6.07) is 19.7. The fourth-order valence-electron chi connectivity index (χ4n) is 5.83. The number of rotatable bonds is 16. The number of aryl methyl sites for hydroxylation is 1. The van der Waals surface area contributed by atoms with Gasteiger partial charge in [-0.05, 0) is 68.5 Å². The Hall–Kier alpha value is -3.73. The molecule has 0 N–H and O–H groups in total. The van der Waals surface area contributed by atoms with Crippen LogP contribution in [0.15, 0.2) is 65.8 Å². The molecule has 1 aromatic heterocycles. The highest BCUT2D eigenvalue weighted by molar-refractivity contribution is 6.46. The Bertz CT molecular complexity index is 1550. The van der Waals surface area contributed by atoms with Crippen LogP contribution in [0.1, 0.15) is 110 Å². The van der Waals surface area contributed by atoms with E-state index in [1.165, 1.54) is 26.4 Å². The number of carbonyl (C=O) groups is 2. The molecular weight excluding hydrogens is 520 g/mol. The fourth-order valence-corrected chi connectivity index (χ4v) is 5.83. The second-order valence-corrected chi connectivity index (χ2v) is 11.5. The van der Waals surface area contributed by atoms with Gasteiger partial charge in [0, 0.05) is 45.0 Å². The van der Waals surface area contributed by atoms with E-state index in [0.29, 0.717) is 34.7 Å². The molecule has 0 bridgehead atoms. The molecule has 42 heavy (non-hydrogen) atoms. The molecule has 4 rings (SSSR count). The van der Waals surface area contributed by atoms with E-state index in [-0.39, 0.29) is 11.6 Å². The maximum Gasteiger partial charge on any atom is 0.210 e. The smallest absolute Gasteiger partial charge is 0.210 e. The van der Waals surface area contributed by atoms with Gasteiger partial charge in [0.1, 0.15) is 12.8 Å². The summed E-state index contributed by atoms with van der Waals surface area (Å²) < 4.78 is 2.39. The average molecular weight is 567 g/mol. The zero-order chi connectivity index (χ0) is 30.1. The number of aromatic nitrogens is 1. The summed E-state index contributed by atoms with van der Waals surface area (Å²) in [6.45, 7) is 9.60. The van der Waals surface area contributed by atoms with Crippen molar-refractivity contribution >= 4 is 39.1 Å². The van der Waals surface area contributed by atoms with Gasteiger partial charge in [0.15, 0.2) is 5.78 Å². The van der Waals surface area contributed by atoms with Crippen LogP contribution in [0.2, 0.25) is 0 Å². The molecule has 1 heterocycles. The van der Waals surface area contributed by atoms with Crippen molar-refractivity contribution in [1.82, 2.24) is 4.57 Å². The topological polar surface area (TPSA) is 60.7 Å². The standard InChI is InChI=1S/C37H46N2O3/c1-6-9-11-12-14-33(38-42-5)37(41)30-20-22-35-32(24-30)31-23-29(36(40)28-17-15-26(4)16-18-28)19-21-34(31)39(35)25-27(8-3)13-10-7-2/h15-24,27H,6-14,25H2,1-5H3/b38-33+. The number of carbonyl (C=O) groups excluding carboxylic acids is 2. The lowest BCUT2D eigenvalue weighted by atomic mass is 9.98. The summed E-state index contributed by atoms with van der Waals surface area (Å²) in [7, 11) is 1.49. The number of fused-ring (bicyclic) bond motifs is 3. The molecule has 0 radical (unpaired) electrons. The Kier molecular flexibility index (Phi) is 11.1. The lowest BCUT2D eigenvalue weighted by Gasteiger charge is -2.17. The van der Waals surface area contributed by atoms with Gasteiger partial charge in [0.2, 0.25) is 5.78 Å². The zero-order valence-electron chi connectivity index (χ0n) is 26.0. The summed E-state index contributed by atoms with van der Waals surface area (Å²) in [5.74, 6) is 0.459. The normalized spacial score (nSPS) is 12.6. The van der Waals surface area contributed by atoms with E-state index in [0.717, 1.165) is 66.0 Å². The molecule has 0 amide bonds. The molecule has 1 unspecified atom stereocenters. The van der Waals surface area contributed by atoms with Gasteiger partial charge in [0.05, 0.1) is 0 Å². The Morgan fingerprint density at radius 1 is 0.786 bits per heavy atom. The van der Waals surface area contributed by atoms with Crippen molar-refractivity contribution in [3.05, 3.63) is 82.9 Å². The highest BCUT2D eigenvalue weighted by Gasteiger charge is 2.20. The number of Topliss-reactive ketones (excluding diaryl/α,β-unsaturated/α-hetero) is 1. The quantitative estimate of drug-likeness (QED) is 0.0587. The predicted molar refractivity (Wildman–Crippen MR) is 175 cm³/mol. The third kappa shape index (κ3) is 7.18. The van der Waals surface area contributed by atoms with Crippen molar-refractivity contribution in [2.75, 3.05) is 7.11 Å². The van der Waals surface area contributed by atoms with Crippen LogP contribution in [0.4, 0.5) is 0 Å². The molecule has 0 fully saturated rings. The second kappa shape index (κ2) is 14.9. The highest BCUT2D eigenvalue weighted by Crippen LogP contribution is 2.33. The molecule has 5 nitrogen and oxygen atoms in total. The number of benzene rings is 3. The molecule has 1 atom stereocenters. The van der Waals surface area contributed by atoms with E-state index < -0.39 is 0 Å². The van der Waals surface area contributed by atoms with Crippen molar-refractivity contribution in [3.8, 4) is 0 Å². The molecule has 0 aliphatic rings. The van der Waals surface area contributed by atoms with Gasteiger partial charge in [-0.2, -0.15) is 0 Å². The molecule has 0 aliphatic heterocycles. The number of hydrogen-bond donors (Lipinski definition) is 0. The fraction of sp³-hybridized carbons (Fsp3) is 0.432. The third-order valence-electron chi connectivity index (χ3n) is 8.42. The number of nitrogens with zero attached hydrogens (tertiary/aromatic N) is 2. The minimum atomic E-state index is -0.0996. The molecule has 0 saturated heterocycles. The minimum absolute atomic E-state index is 0.000930. The van der Waals surface area contributed by atoms with Crippen LogP contribution < -0.4 is 0 Å². The Morgan fingerprint density at radius 3 is 2.02 bits per heavy atom. The average Bonchev–Trinajstić information content (AvgIpc) is 3.32. The molecule has 0 aliphatic carbocycles. The first kappa shape index (κ1) is 31.2. The van der Waals surface area contributed by atoms with Crippen LogP contribution in [0.5, 0.6) is 0 Å². The predicted octanol–water partition coefficient (Wildman–Crippen LogP) is 9.71. The Labute approximate surface area is 250 Å². The molecule has 5 heteroatoms. The van der Waals surface area contributed by atoms with Crippen molar-refractivity contribution in [1.29, 1.82) is 0 Å². The van der Waals surface area contributed by atoms with E-state index >= 15 is 0 Å². The largest absolute Gasteiger partial charge is 0.399 e. The number of ketones is 2. The van der Waals surface area contributed by atoms with Gasteiger partial charge in [-0.25, -0.2) is 0 Å². The van der Waals surface area contributed by atoms with Crippen LogP contribution in [0, 0.1) is 12.8 Å². The summed E-state index contributed by atoms with van der Waals surface area (Å²) >= 11 is 0. The first-order chi connectivity index (χ1) is 20.4. The molecule has 222 valence electrons. The minimum Gasteiger partial charge on any atom is -0.399 e. The van der Waals surface area contributed by atoms with E-state index in [2.05, 4.69) is 42.6 Å². The van der Waals surface area contributed by atoms with Gasteiger partial charge < -0.3 is 9.40 Å². The van der Waals surface area contributed by atoms with Crippen LogP contribution in [-0.2, 0) is 11.4 Å². The lowest BCUT2D eigenvalue weighted by Crippen LogP contribution is -2.15. The maximum atomic E-state index is 13.6. The van der Waals surface area contributed by atoms with Crippen molar-refractivity contribution < 1.29 is 14.4 Å². The number of hydrogen-bond acceptors (Lipinski definition) is 4. The molecule has 0 saturated carbocycles. The summed E-state index contributed by atoms with van der Waals surface area (Å²) in [5.41, 5.74) is 5.68. The van der Waals surface area contributed by atoms with Gasteiger partial charge in [-0.1, -0.05) is 94.3 Å². The van der Waals surface area contributed by atoms with Gasteiger partial charge in [0.25, 0.3) is 0 Å². The third-order valence-corrected chi connectivity index (χ3v) is 8.42. The van der Waals surface area contributed by atoms with E-state index in [1.807, 2.05) is 55.5 Å². The number of unbranched alkanes of at least 4 members (excludes halogenated alkanes) is 4. The highest BCUT2D eigenvalue weighted by atomic mass is 16.6. The summed E-state index contributed by atoms with van der Waals surface area (Å²) in [6.07, 6.45) is 9.53. The lowest BCUT2D eigenvalue weighted by molar-refractivity contribution is 0.103. The molecule has 4 aromatic rings. The molecular formula is C37H46N2O3. The van der Waals surface area contributed by atoms with Crippen molar-refractivity contribution in [3.63, 3.8) is 0 Å². The number of oxime groups is 1. The second-order valence-electron chi connectivity index (χ2n) is 11.5. The monoisotopic (exact) mass is 566 g/mol. The van der Waals surface area contributed by atoms with Gasteiger partial charge in [-0.3, -0.25) is 9.59 Å². The van der Waals surface area contributed by atoms with Crippen LogP contribution in [0.3, 0.4) is 0 Å². The maximum absolute atomic E-state index is 13.6. The first-order valence-corrected chi connectivity index (χ1v) is 15.7. The van der Waals surface area contributed by atoms with Gasteiger partial charge >= 0.3 is 0 Å². The van der Waals surface area contributed by atoms with E-state index in [4.69, 9.17) is 4.84 Å². The van der Waals surface area contributed by atoms with Crippen molar-refractivity contribution in [2.45, 2.75) is 92.0 Å². The van der Waals surface area contributed by atoms with Gasteiger partial charge in [-0.15, -0.1) is 0 Å². The summed E-state index contributed by atoms with van der Waals surface area (Å²) in [4.78, 5) is 32.2. The van der Waals surface area contributed by atoms with E-state index in [9.17, 15) is 9.59 Å². The zero-order valence-corrected chi connectivity index (χ0v) is 26.0. The van der Waals surface area contributed by atoms with Crippen LogP contribution >= 0.6 is 0 Å². The Morgan fingerprint density at radius 2 is 1.40 bits per heavy atom. The SMILES string of the molecule is CCCCCC/C(=N\OC)C(=O)c1ccc2c(c1)c1cc(C(=O)c3ccc(C)cc3)ccc1n2CC(CC)CCCC. The molecule has 0 spiro atoms. The van der Waals surface area contributed by atoms with Crippen molar-refractivity contribution in [2.24, 2.45) is 11.1 Å². The molecule has 3 aromatic carbocycles. The Balaban J connectivity index is 1.80. The first-order valence-electron chi connectivity index (χ1n) is 15.7. The van der Waals surface area contributed by atoms with E-state index in [1.54, 1.807) is 0 Å². The van der Waals surface area contributed by atoms with Crippen LogP contribution in [-0.4, -0.2) is 29.0 Å².